The Morgan fingerprint density at radius 1 is 1.53 bits per heavy atom. The van der Waals surface area contributed by atoms with E-state index in [2.05, 4.69) is 11.9 Å². The van der Waals surface area contributed by atoms with Crippen molar-refractivity contribution >= 4 is 11.3 Å². The molecule has 1 atom stereocenters. The summed E-state index contributed by atoms with van der Waals surface area (Å²) in [6, 6.07) is 0. The van der Waals surface area contributed by atoms with E-state index in [1.807, 2.05) is 6.92 Å². The fraction of sp³-hybridized carbons (Fsp3) is 0.727. The Bertz CT molecular complexity index is 340. The van der Waals surface area contributed by atoms with Crippen molar-refractivity contribution in [3.8, 4) is 0 Å². The predicted octanol–water partition coefficient (Wildman–Crippen LogP) is 1.97. The molecule has 0 bridgehead atoms. The van der Waals surface area contributed by atoms with Crippen LogP contribution in [-0.4, -0.2) is 18.7 Å². The zero-order chi connectivity index (χ0) is 11.1. The van der Waals surface area contributed by atoms with E-state index in [1.165, 1.54) is 17.7 Å². The summed E-state index contributed by atoms with van der Waals surface area (Å²) < 4.78 is 5.25. The minimum absolute atomic E-state index is 0.349. The van der Waals surface area contributed by atoms with Gasteiger partial charge in [0.25, 0.3) is 0 Å². The number of ether oxygens (including phenoxy) is 1. The summed E-state index contributed by atoms with van der Waals surface area (Å²) in [4.78, 5) is 5.84. The SMILES string of the molecule is COCC(N)(c1nc(C)c(C)s1)C1CC1. The fourth-order valence-corrected chi connectivity index (χ4v) is 2.94. The Morgan fingerprint density at radius 2 is 2.20 bits per heavy atom. The Morgan fingerprint density at radius 3 is 2.60 bits per heavy atom. The molecule has 0 aromatic carbocycles. The van der Waals surface area contributed by atoms with Crippen molar-refractivity contribution < 1.29 is 4.74 Å². The summed E-state index contributed by atoms with van der Waals surface area (Å²) in [5.41, 5.74) is 7.19. The maximum Gasteiger partial charge on any atom is 0.116 e. The number of methoxy groups -OCH3 is 1. The molecule has 1 aromatic heterocycles. The van der Waals surface area contributed by atoms with Crippen molar-refractivity contribution in [1.82, 2.24) is 4.98 Å². The normalized spacial score (nSPS) is 20.3. The maximum absolute atomic E-state index is 6.44. The van der Waals surface area contributed by atoms with Crippen LogP contribution in [0.2, 0.25) is 0 Å². The van der Waals surface area contributed by atoms with E-state index >= 15 is 0 Å². The average molecular weight is 226 g/mol. The highest BCUT2D eigenvalue weighted by molar-refractivity contribution is 7.11. The minimum Gasteiger partial charge on any atom is -0.382 e. The number of aromatic nitrogens is 1. The third-order valence-corrected chi connectivity index (χ3v) is 4.38. The molecule has 0 spiro atoms. The van der Waals surface area contributed by atoms with Crippen molar-refractivity contribution in [3.05, 3.63) is 15.6 Å². The van der Waals surface area contributed by atoms with Crippen LogP contribution < -0.4 is 5.73 Å². The van der Waals surface area contributed by atoms with Crippen LogP contribution in [0.15, 0.2) is 0 Å². The van der Waals surface area contributed by atoms with E-state index in [-0.39, 0.29) is 5.54 Å². The zero-order valence-electron chi connectivity index (χ0n) is 9.54. The van der Waals surface area contributed by atoms with Gasteiger partial charge in [-0.05, 0) is 32.6 Å². The van der Waals surface area contributed by atoms with Crippen LogP contribution in [-0.2, 0) is 10.3 Å². The second-order valence-corrected chi connectivity index (χ2v) is 5.61. The molecule has 1 aromatic rings. The molecule has 2 rings (SSSR count). The van der Waals surface area contributed by atoms with Gasteiger partial charge in [0.15, 0.2) is 0 Å². The molecule has 1 unspecified atom stereocenters. The summed E-state index contributed by atoms with van der Waals surface area (Å²) in [5, 5.41) is 1.04. The molecule has 0 aliphatic heterocycles. The number of nitrogens with zero attached hydrogens (tertiary/aromatic N) is 1. The van der Waals surface area contributed by atoms with Gasteiger partial charge in [0.2, 0.25) is 0 Å². The topological polar surface area (TPSA) is 48.1 Å². The molecule has 0 saturated heterocycles. The van der Waals surface area contributed by atoms with Crippen molar-refractivity contribution in [1.29, 1.82) is 0 Å². The molecule has 1 aliphatic carbocycles. The molecule has 84 valence electrons. The molecule has 4 heteroatoms. The second-order valence-electron chi connectivity index (χ2n) is 4.41. The molecule has 15 heavy (non-hydrogen) atoms. The minimum atomic E-state index is -0.349. The van der Waals surface area contributed by atoms with E-state index in [0.29, 0.717) is 12.5 Å². The lowest BCUT2D eigenvalue weighted by Gasteiger charge is -2.26. The Hall–Kier alpha value is -0.450. The summed E-state index contributed by atoms with van der Waals surface area (Å²) >= 11 is 1.71. The first-order valence-electron chi connectivity index (χ1n) is 5.30. The van der Waals surface area contributed by atoms with Gasteiger partial charge in [-0.2, -0.15) is 0 Å². The largest absolute Gasteiger partial charge is 0.382 e. The fourth-order valence-electron chi connectivity index (χ4n) is 1.86. The maximum atomic E-state index is 6.44. The molecular weight excluding hydrogens is 208 g/mol. The van der Waals surface area contributed by atoms with Gasteiger partial charge in [-0.3, -0.25) is 0 Å². The van der Waals surface area contributed by atoms with Crippen LogP contribution in [0.3, 0.4) is 0 Å². The van der Waals surface area contributed by atoms with Gasteiger partial charge >= 0.3 is 0 Å². The van der Waals surface area contributed by atoms with E-state index in [0.717, 1.165) is 10.7 Å². The smallest absolute Gasteiger partial charge is 0.116 e. The van der Waals surface area contributed by atoms with Crippen LogP contribution >= 0.6 is 11.3 Å². The van der Waals surface area contributed by atoms with Gasteiger partial charge in [0.1, 0.15) is 5.01 Å². The first-order chi connectivity index (χ1) is 7.08. The first kappa shape index (κ1) is 11.0. The molecule has 1 fully saturated rings. The molecule has 1 heterocycles. The first-order valence-corrected chi connectivity index (χ1v) is 6.12. The van der Waals surface area contributed by atoms with E-state index in [4.69, 9.17) is 10.5 Å². The summed E-state index contributed by atoms with van der Waals surface area (Å²) in [7, 11) is 1.71. The standard InChI is InChI=1S/C11H18N2OS/c1-7-8(2)15-10(13-7)11(12,6-14-3)9-4-5-9/h9H,4-6,12H2,1-3H3. The lowest BCUT2D eigenvalue weighted by Crippen LogP contribution is -2.43. The second kappa shape index (κ2) is 3.85. The van der Waals surface area contributed by atoms with Crippen LogP contribution in [0, 0.1) is 19.8 Å². The zero-order valence-corrected chi connectivity index (χ0v) is 10.4. The van der Waals surface area contributed by atoms with Crippen LogP contribution in [0.5, 0.6) is 0 Å². The number of hydrogen-bond donors (Lipinski definition) is 1. The average Bonchev–Trinajstić information content (AvgIpc) is 2.96. The Kier molecular flexibility index (Phi) is 2.83. The summed E-state index contributed by atoms with van der Waals surface area (Å²) in [5.74, 6) is 0.558. The molecule has 2 N–H and O–H groups in total. The van der Waals surface area contributed by atoms with E-state index in [9.17, 15) is 0 Å². The van der Waals surface area contributed by atoms with Crippen molar-refractivity contribution in [2.24, 2.45) is 11.7 Å². The number of thiazole rings is 1. The van der Waals surface area contributed by atoms with E-state index in [1.54, 1.807) is 18.4 Å². The van der Waals surface area contributed by atoms with Crippen molar-refractivity contribution in [3.63, 3.8) is 0 Å². The monoisotopic (exact) mass is 226 g/mol. The van der Waals surface area contributed by atoms with E-state index < -0.39 is 0 Å². The van der Waals surface area contributed by atoms with Crippen LogP contribution in [0.1, 0.15) is 28.4 Å². The van der Waals surface area contributed by atoms with Gasteiger partial charge in [-0.15, -0.1) is 11.3 Å². The van der Waals surface area contributed by atoms with Crippen LogP contribution in [0.25, 0.3) is 0 Å². The predicted molar refractivity (Wildman–Crippen MR) is 62.1 cm³/mol. The molecule has 0 amide bonds. The van der Waals surface area contributed by atoms with Gasteiger partial charge in [0.05, 0.1) is 17.8 Å². The molecule has 1 saturated carbocycles. The molecular formula is C11H18N2OS. The summed E-state index contributed by atoms with van der Waals surface area (Å²) in [6.07, 6.45) is 2.41. The Balaban J connectivity index is 2.31. The lowest BCUT2D eigenvalue weighted by molar-refractivity contribution is 0.119. The third-order valence-electron chi connectivity index (χ3n) is 3.12. The Labute approximate surface area is 94.7 Å². The molecule has 0 radical (unpaired) electrons. The third kappa shape index (κ3) is 1.94. The quantitative estimate of drug-likeness (QED) is 0.854. The van der Waals surface area contributed by atoms with Crippen LogP contribution in [0.4, 0.5) is 0 Å². The number of nitrogens with two attached hydrogens (primary N) is 1. The highest BCUT2D eigenvalue weighted by Gasteiger charge is 2.45. The van der Waals surface area contributed by atoms with Gasteiger partial charge in [0, 0.05) is 12.0 Å². The number of aryl methyl sites for hydroxylation is 2. The van der Waals surface area contributed by atoms with Gasteiger partial charge in [-0.25, -0.2) is 4.98 Å². The summed E-state index contributed by atoms with van der Waals surface area (Å²) in [6.45, 7) is 4.70. The molecule has 3 nitrogen and oxygen atoms in total. The lowest BCUT2D eigenvalue weighted by atomic mass is 9.96. The van der Waals surface area contributed by atoms with Gasteiger partial charge in [-0.1, -0.05) is 0 Å². The highest BCUT2D eigenvalue weighted by atomic mass is 32.1. The highest BCUT2D eigenvalue weighted by Crippen LogP contribution is 2.45. The van der Waals surface area contributed by atoms with Crippen molar-refractivity contribution in [2.45, 2.75) is 32.2 Å². The van der Waals surface area contributed by atoms with Crippen molar-refractivity contribution in [2.75, 3.05) is 13.7 Å². The molecule has 1 aliphatic rings. The number of hydrogen-bond acceptors (Lipinski definition) is 4. The number of rotatable bonds is 4. The van der Waals surface area contributed by atoms with Gasteiger partial charge < -0.3 is 10.5 Å².